The van der Waals surface area contributed by atoms with Crippen LogP contribution in [0.3, 0.4) is 0 Å². The molecule has 0 saturated carbocycles. The number of benzene rings is 6. The van der Waals surface area contributed by atoms with Gasteiger partial charge in [-0.05, 0) is 106 Å². The van der Waals surface area contributed by atoms with Crippen molar-refractivity contribution >= 4 is 117 Å². The summed E-state index contributed by atoms with van der Waals surface area (Å²) in [6, 6.07) is 36.5. The smallest absolute Gasteiger partial charge is 0.207 e. The van der Waals surface area contributed by atoms with Gasteiger partial charge in [0.1, 0.15) is 0 Å². The molecule has 7 rings (SSSR count). The van der Waals surface area contributed by atoms with Crippen LogP contribution in [0.4, 0.5) is 34.1 Å². The van der Waals surface area contributed by atoms with Crippen molar-refractivity contribution < 1.29 is 8.42 Å². The second-order valence-electron chi connectivity index (χ2n) is 11.1. The van der Waals surface area contributed by atoms with Gasteiger partial charge in [-0.1, -0.05) is 71.7 Å². The molecule has 1 aliphatic heterocycles. The van der Waals surface area contributed by atoms with Crippen LogP contribution in [0.25, 0.3) is 22.3 Å². The Morgan fingerprint density at radius 2 is 0.712 bits per heavy atom. The molecule has 0 aromatic heterocycles. The third kappa shape index (κ3) is 10.9. The lowest BCUT2D eigenvalue weighted by atomic mass is 10.0. The highest BCUT2D eigenvalue weighted by atomic mass is 35.5. The molecule has 0 atom stereocenters. The molecule has 0 radical (unpaired) electrons. The normalized spacial score (nSPS) is 11.3. The van der Waals surface area contributed by atoms with Gasteiger partial charge in [-0.3, -0.25) is 0 Å². The van der Waals surface area contributed by atoms with E-state index in [0.717, 1.165) is 44.8 Å². The Balaban J connectivity index is 0.000000378. The average molecular weight is 844 g/mol. The van der Waals surface area contributed by atoms with E-state index in [9.17, 15) is 8.42 Å². The summed E-state index contributed by atoms with van der Waals surface area (Å²) in [5, 5.41) is 1.07. The van der Waals surface area contributed by atoms with E-state index in [1.807, 2.05) is 60.7 Å². The summed E-state index contributed by atoms with van der Waals surface area (Å²) in [4.78, 5) is 0.584. The molecule has 8 nitrogen and oxygen atoms in total. The molecule has 0 saturated heterocycles. The number of nitrogen functional groups attached to an aromatic ring is 6. The van der Waals surface area contributed by atoms with Crippen LogP contribution < -0.4 is 34.4 Å². The number of anilines is 6. The van der Waals surface area contributed by atoms with Gasteiger partial charge < -0.3 is 34.4 Å². The van der Waals surface area contributed by atoms with Gasteiger partial charge in [-0.2, -0.15) is 0 Å². The molecule has 0 amide bonds. The first-order valence-corrected chi connectivity index (χ1v) is 16.9. The quantitative estimate of drug-likeness (QED) is 0.0928. The van der Waals surface area contributed by atoms with Crippen LogP contribution in [-0.2, 0) is 16.3 Å². The number of halogens is 6. The molecule has 52 heavy (non-hydrogen) atoms. The number of sulfone groups is 1. The Kier molecular flexibility index (Phi) is 17.3. The van der Waals surface area contributed by atoms with Crippen LogP contribution in [0, 0.1) is 0 Å². The highest BCUT2D eigenvalue weighted by molar-refractivity contribution is 7.91. The summed E-state index contributed by atoms with van der Waals surface area (Å²) in [5.74, 6) is 0. The summed E-state index contributed by atoms with van der Waals surface area (Å²) >= 11 is 11.9. The van der Waals surface area contributed by atoms with E-state index in [1.54, 1.807) is 48.5 Å². The van der Waals surface area contributed by atoms with Gasteiger partial charge in [0.25, 0.3) is 0 Å². The zero-order chi connectivity index (χ0) is 34.6. The molecule has 6 aromatic carbocycles. The van der Waals surface area contributed by atoms with Crippen LogP contribution in [0.2, 0.25) is 10.0 Å². The van der Waals surface area contributed by atoms with E-state index in [2.05, 4.69) is 0 Å². The van der Waals surface area contributed by atoms with Gasteiger partial charge in [-0.15, -0.1) is 49.6 Å². The minimum absolute atomic E-state index is 0. The molecule has 0 aliphatic carbocycles. The lowest BCUT2D eigenvalue weighted by Gasteiger charge is -2.20. The van der Waals surface area contributed by atoms with Gasteiger partial charge in [0.2, 0.25) is 9.84 Å². The number of rotatable bonds is 2. The first kappa shape index (κ1) is 45.8. The van der Waals surface area contributed by atoms with Crippen molar-refractivity contribution in [2.24, 2.45) is 0 Å². The second kappa shape index (κ2) is 19.6. The van der Waals surface area contributed by atoms with Crippen LogP contribution in [0.1, 0.15) is 11.1 Å². The van der Waals surface area contributed by atoms with Crippen molar-refractivity contribution in [1.82, 2.24) is 0 Å². The Bertz CT molecular complexity index is 2070. The topological polar surface area (TPSA) is 190 Å². The SMILES string of the molecule is Cl.Cl.Cl.Cl.Nc1ccc(-c2ccc(N)c(Cl)c2)cc1Cl.Nc1ccc(-c2ccc(N)cc2)cc1.Nc1ccc2c(c1)S(=O)(=O)c1cc(N)ccc1C2. The van der Waals surface area contributed by atoms with E-state index in [4.69, 9.17) is 57.6 Å². The highest BCUT2D eigenvalue weighted by Crippen LogP contribution is 2.36. The summed E-state index contributed by atoms with van der Waals surface area (Å²) in [6.07, 6.45) is 0.588. The summed E-state index contributed by atoms with van der Waals surface area (Å²) in [7, 11) is -3.51. The zero-order valence-electron chi connectivity index (χ0n) is 27.3. The minimum atomic E-state index is -3.51. The van der Waals surface area contributed by atoms with Crippen LogP contribution in [0.5, 0.6) is 0 Å². The Hall–Kier alpha value is -4.19. The zero-order valence-corrected chi connectivity index (χ0v) is 32.9. The molecular weight excluding hydrogens is 805 g/mol. The number of hydrogen-bond donors (Lipinski definition) is 6. The van der Waals surface area contributed by atoms with E-state index in [0.29, 0.717) is 49.0 Å². The molecular formula is C37H38Cl6N6O2S. The Labute approximate surface area is 338 Å². The summed E-state index contributed by atoms with van der Waals surface area (Å²) < 4.78 is 25.0. The molecule has 276 valence electrons. The van der Waals surface area contributed by atoms with Crippen molar-refractivity contribution in [3.05, 3.63) is 142 Å². The molecule has 0 fully saturated rings. The predicted octanol–water partition coefficient (Wildman–Crippen LogP) is 9.62. The molecule has 0 bridgehead atoms. The van der Waals surface area contributed by atoms with Crippen molar-refractivity contribution in [1.29, 1.82) is 0 Å². The van der Waals surface area contributed by atoms with E-state index in [-0.39, 0.29) is 49.6 Å². The van der Waals surface area contributed by atoms with Crippen molar-refractivity contribution in [3.8, 4) is 22.3 Å². The standard InChI is InChI=1S/C13H12N2O2S.C12H10Cl2N2.C12H12N2.4ClH/c14-10-3-1-8-5-9-2-4-11(15)7-13(9)18(16,17)12(8)6-10;13-9-5-7(1-3-11(9)15)8-2-4-12(16)10(14)6-8;13-11-5-1-9(2-6-11)10-3-7-12(14)8-4-10;;;;/h1-4,6-7H,5,14-15H2;1-6H,15-16H2;1-8H,13-14H2;4*1H. The molecule has 0 spiro atoms. The monoisotopic (exact) mass is 840 g/mol. The molecule has 0 unspecified atom stereocenters. The molecule has 6 aromatic rings. The fourth-order valence-electron chi connectivity index (χ4n) is 5.02. The fourth-order valence-corrected chi connectivity index (χ4v) is 7.17. The molecule has 1 aliphatic rings. The predicted molar refractivity (Wildman–Crippen MR) is 230 cm³/mol. The number of nitrogens with two attached hydrogens (primary N) is 6. The first-order chi connectivity index (χ1) is 22.8. The second-order valence-corrected chi connectivity index (χ2v) is 13.8. The summed E-state index contributed by atoms with van der Waals surface area (Å²) in [6.45, 7) is 0. The fraction of sp³-hybridized carbons (Fsp3) is 0.0270. The van der Waals surface area contributed by atoms with Gasteiger partial charge in [0.15, 0.2) is 0 Å². The maximum Gasteiger partial charge on any atom is 0.207 e. The molecule has 12 N–H and O–H groups in total. The van der Waals surface area contributed by atoms with Crippen molar-refractivity contribution in [3.63, 3.8) is 0 Å². The maximum atomic E-state index is 12.5. The Morgan fingerprint density at radius 3 is 1.04 bits per heavy atom. The van der Waals surface area contributed by atoms with Crippen LogP contribution in [0.15, 0.2) is 131 Å². The van der Waals surface area contributed by atoms with Crippen molar-refractivity contribution in [2.75, 3.05) is 34.4 Å². The largest absolute Gasteiger partial charge is 0.399 e. The van der Waals surface area contributed by atoms with Gasteiger partial charge in [0, 0.05) is 29.2 Å². The van der Waals surface area contributed by atoms with Crippen LogP contribution >= 0.6 is 72.8 Å². The number of hydrogen-bond acceptors (Lipinski definition) is 8. The summed E-state index contributed by atoms with van der Waals surface area (Å²) in [5.41, 5.74) is 43.2. The first-order valence-electron chi connectivity index (χ1n) is 14.7. The highest BCUT2D eigenvalue weighted by Gasteiger charge is 2.29. The lowest BCUT2D eigenvalue weighted by molar-refractivity contribution is 0.592. The third-order valence-corrected chi connectivity index (χ3v) is 10.2. The van der Waals surface area contributed by atoms with E-state index in [1.165, 1.54) is 12.1 Å². The number of fused-ring (bicyclic) bond motifs is 2. The van der Waals surface area contributed by atoms with E-state index < -0.39 is 9.84 Å². The van der Waals surface area contributed by atoms with Gasteiger partial charge in [0.05, 0.1) is 31.2 Å². The van der Waals surface area contributed by atoms with E-state index >= 15 is 0 Å². The van der Waals surface area contributed by atoms with Gasteiger partial charge in [-0.25, -0.2) is 8.42 Å². The Morgan fingerprint density at radius 1 is 0.404 bits per heavy atom. The minimum Gasteiger partial charge on any atom is -0.399 e. The van der Waals surface area contributed by atoms with Crippen LogP contribution in [-0.4, -0.2) is 8.42 Å². The van der Waals surface area contributed by atoms with Gasteiger partial charge >= 0.3 is 0 Å². The maximum absolute atomic E-state index is 12.5. The lowest BCUT2D eigenvalue weighted by Crippen LogP contribution is -2.15. The average Bonchev–Trinajstić information content (AvgIpc) is 3.06. The molecule has 15 heteroatoms. The molecule has 1 heterocycles. The third-order valence-electron chi connectivity index (χ3n) is 7.63. The van der Waals surface area contributed by atoms with Crippen molar-refractivity contribution in [2.45, 2.75) is 16.2 Å².